The Morgan fingerprint density at radius 1 is 1.35 bits per heavy atom. The third-order valence-electron chi connectivity index (χ3n) is 3.43. The minimum absolute atomic E-state index is 0.140. The van der Waals surface area contributed by atoms with E-state index in [9.17, 15) is 9.59 Å². The van der Waals surface area contributed by atoms with E-state index in [-0.39, 0.29) is 17.5 Å². The van der Waals surface area contributed by atoms with Crippen LogP contribution in [-0.2, 0) is 4.79 Å². The second kappa shape index (κ2) is 4.88. The molecule has 0 bridgehead atoms. The highest BCUT2D eigenvalue weighted by Crippen LogP contribution is 2.12. The molecule has 0 saturated carbocycles. The highest BCUT2D eigenvalue weighted by atomic mass is 16.2. The topological polar surface area (TPSA) is 75.2 Å². The summed E-state index contributed by atoms with van der Waals surface area (Å²) < 4.78 is 0. The Morgan fingerprint density at radius 2 is 2.10 bits per heavy atom. The number of hydrogen-bond donors (Lipinski definition) is 1. The summed E-state index contributed by atoms with van der Waals surface area (Å²) in [5.41, 5.74) is 1.69. The SMILES string of the molecule is CC1C(=O)NCCN1C(=O)c1cnc2ccccc2n1. The number of para-hydroxylation sites is 2. The number of fused-ring (bicyclic) bond motifs is 1. The number of piperazine rings is 1. The number of amides is 2. The quantitative estimate of drug-likeness (QED) is 0.823. The fourth-order valence-corrected chi connectivity index (χ4v) is 2.27. The van der Waals surface area contributed by atoms with Crippen LogP contribution in [0.5, 0.6) is 0 Å². The summed E-state index contributed by atoms with van der Waals surface area (Å²) in [4.78, 5) is 34.1. The average molecular weight is 270 g/mol. The van der Waals surface area contributed by atoms with E-state index < -0.39 is 6.04 Å². The maximum atomic E-state index is 12.4. The number of benzene rings is 1. The molecule has 1 aliphatic heterocycles. The average Bonchev–Trinajstić information content (AvgIpc) is 2.49. The fraction of sp³-hybridized carbons (Fsp3) is 0.286. The Kier molecular flexibility index (Phi) is 3.06. The van der Waals surface area contributed by atoms with E-state index in [1.165, 1.54) is 11.1 Å². The van der Waals surface area contributed by atoms with Crippen molar-refractivity contribution in [1.29, 1.82) is 0 Å². The van der Waals surface area contributed by atoms with Crippen molar-refractivity contribution < 1.29 is 9.59 Å². The Balaban J connectivity index is 1.93. The number of nitrogens with one attached hydrogen (secondary N) is 1. The zero-order valence-electron chi connectivity index (χ0n) is 11.0. The zero-order valence-corrected chi connectivity index (χ0v) is 11.0. The van der Waals surface area contributed by atoms with Crippen molar-refractivity contribution in [2.45, 2.75) is 13.0 Å². The molecular weight excluding hydrogens is 256 g/mol. The Bertz CT molecular complexity index is 686. The summed E-state index contributed by atoms with van der Waals surface area (Å²) >= 11 is 0. The molecular formula is C14H14N4O2. The molecule has 102 valence electrons. The highest BCUT2D eigenvalue weighted by Gasteiger charge is 2.30. The smallest absolute Gasteiger partial charge is 0.274 e. The van der Waals surface area contributed by atoms with Crippen LogP contribution in [0.3, 0.4) is 0 Å². The number of hydrogen-bond acceptors (Lipinski definition) is 4. The summed E-state index contributed by atoms with van der Waals surface area (Å²) in [7, 11) is 0. The first-order valence-corrected chi connectivity index (χ1v) is 6.47. The molecule has 1 aliphatic rings. The predicted molar refractivity (Wildman–Crippen MR) is 73.0 cm³/mol. The largest absolute Gasteiger partial charge is 0.353 e. The summed E-state index contributed by atoms with van der Waals surface area (Å²) in [6, 6.07) is 6.89. The van der Waals surface area contributed by atoms with Crippen molar-refractivity contribution in [1.82, 2.24) is 20.2 Å². The molecule has 6 heteroatoms. The first kappa shape index (κ1) is 12.5. The molecule has 2 heterocycles. The monoisotopic (exact) mass is 270 g/mol. The molecule has 2 aromatic rings. The molecule has 1 aromatic carbocycles. The van der Waals surface area contributed by atoms with Crippen LogP contribution in [0.4, 0.5) is 0 Å². The van der Waals surface area contributed by atoms with Crippen molar-refractivity contribution in [3.8, 4) is 0 Å². The first-order chi connectivity index (χ1) is 9.66. The maximum absolute atomic E-state index is 12.4. The van der Waals surface area contributed by atoms with Crippen molar-refractivity contribution in [2.24, 2.45) is 0 Å². The second-order valence-corrected chi connectivity index (χ2v) is 4.71. The maximum Gasteiger partial charge on any atom is 0.274 e. The molecule has 1 saturated heterocycles. The lowest BCUT2D eigenvalue weighted by molar-refractivity contribution is -0.127. The molecule has 6 nitrogen and oxygen atoms in total. The summed E-state index contributed by atoms with van der Waals surface area (Å²) in [6.07, 6.45) is 1.46. The lowest BCUT2D eigenvalue weighted by Crippen LogP contribution is -2.55. The van der Waals surface area contributed by atoms with Gasteiger partial charge in [0.1, 0.15) is 11.7 Å². The summed E-state index contributed by atoms with van der Waals surface area (Å²) in [5.74, 6) is -0.399. The number of carbonyl (C=O) groups is 2. The molecule has 0 radical (unpaired) electrons. The van der Waals surface area contributed by atoms with Gasteiger partial charge in [-0.3, -0.25) is 14.6 Å². The van der Waals surface area contributed by atoms with Gasteiger partial charge in [-0.25, -0.2) is 4.98 Å². The van der Waals surface area contributed by atoms with Gasteiger partial charge >= 0.3 is 0 Å². The molecule has 0 aliphatic carbocycles. The van der Waals surface area contributed by atoms with Gasteiger partial charge in [0, 0.05) is 13.1 Å². The number of rotatable bonds is 1. The molecule has 1 unspecified atom stereocenters. The van der Waals surface area contributed by atoms with E-state index in [1.807, 2.05) is 24.3 Å². The van der Waals surface area contributed by atoms with Crippen LogP contribution in [0.1, 0.15) is 17.4 Å². The van der Waals surface area contributed by atoms with Crippen molar-refractivity contribution in [3.63, 3.8) is 0 Å². The third kappa shape index (κ3) is 2.09. The van der Waals surface area contributed by atoms with Crippen LogP contribution >= 0.6 is 0 Å². The normalized spacial score (nSPS) is 18.9. The molecule has 1 fully saturated rings. The zero-order chi connectivity index (χ0) is 14.1. The first-order valence-electron chi connectivity index (χ1n) is 6.47. The van der Waals surface area contributed by atoms with Crippen LogP contribution in [0.25, 0.3) is 11.0 Å². The molecule has 20 heavy (non-hydrogen) atoms. The summed E-state index contributed by atoms with van der Waals surface area (Å²) in [6.45, 7) is 2.66. The minimum Gasteiger partial charge on any atom is -0.353 e. The van der Waals surface area contributed by atoms with Crippen LogP contribution in [0, 0.1) is 0 Å². The van der Waals surface area contributed by atoms with Crippen molar-refractivity contribution >= 4 is 22.8 Å². The second-order valence-electron chi connectivity index (χ2n) is 4.71. The van der Waals surface area contributed by atoms with E-state index in [2.05, 4.69) is 15.3 Å². The lowest BCUT2D eigenvalue weighted by atomic mass is 10.2. The molecule has 1 N–H and O–H groups in total. The number of nitrogens with zero attached hydrogens (tertiary/aromatic N) is 3. The molecule has 1 atom stereocenters. The van der Waals surface area contributed by atoms with Gasteiger partial charge in [0.05, 0.1) is 17.2 Å². The van der Waals surface area contributed by atoms with Gasteiger partial charge in [-0.05, 0) is 19.1 Å². The van der Waals surface area contributed by atoms with E-state index in [0.717, 1.165) is 5.52 Å². The molecule has 1 aromatic heterocycles. The summed E-state index contributed by atoms with van der Waals surface area (Å²) in [5, 5.41) is 2.73. The van der Waals surface area contributed by atoms with Gasteiger partial charge in [-0.1, -0.05) is 12.1 Å². The Hall–Kier alpha value is -2.50. The van der Waals surface area contributed by atoms with E-state index in [0.29, 0.717) is 18.6 Å². The van der Waals surface area contributed by atoms with Gasteiger partial charge in [0.2, 0.25) is 5.91 Å². The van der Waals surface area contributed by atoms with Crippen LogP contribution < -0.4 is 5.32 Å². The third-order valence-corrected chi connectivity index (χ3v) is 3.43. The van der Waals surface area contributed by atoms with Gasteiger partial charge in [0.25, 0.3) is 5.91 Å². The van der Waals surface area contributed by atoms with Gasteiger partial charge in [-0.2, -0.15) is 0 Å². The van der Waals surface area contributed by atoms with Crippen molar-refractivity contribution in [3.05, 3.63) is 36.2 Å². The van der Waals surface area contributed by atoms with Crippen LogP contribution in [0.15, 0.2) is 30.5 Å². The molecule has 2 amide bonds. The Morgan fingerprint density at radius 3 is 2.90 bits per heavy atom. The molecule has 0 spiro atoms. The van der Waals surface area contributed by atoms with Crippen molar-refractivity contribution in [2.75, 3.05) is 13.1 Å². The number of aromatic nitrogens is 2. The van der Waals surface area contributed by atoms with Gasteiger partial charge < -0.3 is 10.2 Å². The van der Waals surface area contributed by atoms with E-state index >= 15 is 0 Å². The lowest BCUT2D eigenvalue weighted by Gasteiger charge is -2.32. The predicted octanol–water partition coefficient (Wildman–Crippen LogP) is 0.590. The Labute approximate surface area is 115 Å². The van der Waals surface area contributed by atoms with Crippen LogP contribution in [0.2, 0.25) is 0 Å². The number of carbonyl (C=O) groups excluding carboxylic acids is 2. The standard InChI is InChI=1S/C14H14N4O2/c1-9-13(19)15-6-7-18(9)14(20)12-8-16-10-4-2-3-5-11(10)17-12/h2-5,8-9H,6-7H2,1H3,(H,15,19). The fourth-order valence-electron chi connectivity index (χ4n) is 2.27. The highest BCUT2D eigenvalue weighted by molar-refractivity contribution is 5.97. The molecule has 3 rings (SSSR count). The van der Waals surface area contributed by atoms with E-state index in [1.54, 1.807) is 6.92 Å². The van der Waals surface area contributed by atoms with Gasteiger partial charge in [0.15, 0.2) is 0 Å². The van der Waals surface area contributed by atoms with Gasteiger partial charge in [-0.15, -0.1) is 0 Å². The van der Waals surface area contributed by atoms with Crippen LogP contribution in [-0.4, -0.2) is 45.8 Å². The minimum atomic E-state index is -0.482. The van der Waals surface area contributed by atoms with E-state index in [4.69, 9.17) is 0 Å².